The van der Waals surface area contributed by atoms with Crippen LogP contribution in [0.5, 0.6) is 0 Å². The molecule has 0 saturated carbocycles. The Morgan fingerprint density at radius 1 is 1.53 bits per heavy atom. The molecule has 4 nitrogen and oxygen atoms in total. The minimum absolute atomic E-state index is 0.332. The van der Waals surface area contributed by atoms with Crippen LogP contribution in [-0.2, 0) is 4.74 Å². The average molecular weight is 228 g/mol. The first-order chi connectivity index (χ1) is 8.17. The van der Waals surface area contributed by atoms with Crippen LogP contribution in [0.3, 0.4) is 0 Å². The van der Waals surface area contributed by atoms with Crippen molar-refractivity contribution < 1.29 is 9.53 Å². The van der Waals surface area contributed by atoms with Gasteiger partial charge >= 0.3 is 5.97 Å². The molecule has 17 heavy (non-hydrogen) atoms. The van der Waals surface area contributed by atoms with Crippen LogP contribution in [0.4, 0.5) is 0 Å². The molecule has 1 aromatic carbocycles. The zero-order valence-corrected chi connectivity index (χ0v) is 9.70. The van der Waals surface area contributed by atoms with Crippen LogP contribution >= 0.6 is 0 Å². The summed E-state index contributed by atoms with van der Waals surface area (Å²) in [6, 6.07) is 7.25. The van der Waals surface area contributed by atoms with Crippen molar-refractivity contribution in [2.45, 2.75) is 13.8 Å². The van der Waals surface area contributed by atoms with Crippen molar-refractivity contribution in [3.05, 3.63) is 35.0 Å². The Morgan fingerprint density at radius 3 is 2.94 bits per heavy atom. The Balaban J connectivity index is 2.61. The number of carbonyl (C=O) groups is 1. The van der Waals surface area contributed by atoms with Gasteiger partial charge in [-0.15, -0.1) is 0 Å². The van der Waals surface area contributed by atoms with Gasteiger partial charge in [-0.3, -0.25) is 0 Å². The first-order valence-electron chi connectivity index (χ1n) is 5.37. The van der Waals surface area contributed by atoms with Gasteiger partial charge in [-0.2, -0.15) is 5.26 Å². The third kappa shape index (κ3) is 1.87. The highest BCUT2D eigenvalue weighted by Crippen LogP contribution is 2.23. The van der Waals surface area contributed by atoms with Gasteiger partial charge in [0.15, 0.2) is 0 Å². The number of benzene rings is 1. The lowest BCUT2D eigenvalue weighted by Gasteiger charge is -2.01. The second-order valence-corrected chi connectivity index (χ2v) is 3.72. The van der Waals surface area contributed by atoms with Crippen molar-refractivity contribution in [2.75, 3.05) is 6.61 Å². The van der Waals surface area contributed by atoms with Crippen LogP contribution in [0.2, 0.25) is 0 Å². The molecular weight excluding hydrogens is 216 g/mol. The first-order valence-corrected chi connectivity index (χ1v) is 5.37. The summed E-state index contributed by atoms with van der Waals surface area (Å²) < 4.78 is 5.01. The van der Waals surface area contributed by atoms with Gasteiger partial charge in [-0.05, 0) is 26.0 Å². The van der Waals surface area contributed by atoms with Crippen molar-refractivity contribution in [3.63, 3.8) is 0 Å². The predicted molar refractivity (Wildman–Crippen MR) is 63.7 cm³/mol. The summed E-state index contributed by atoms with van der Waals surface area (Å²) in [6.45, 7) is 3.94. The quantitative estimate of drug-likeness (QED) is 0.803. The summed E-state index contributed by atoms with van der Waals surface area (Å²) in [7, 11) is 0. The van der Waals surface area contributed by atoms with E-state index in [0.717, 1.165) is 16.6 Å². The van der Waals surface area contributed by atoms with Gasteiger partial charge in [0, 0.05) is 16.6 Å². The molecule has 0 aliphatic carbocycles. The number of aryl methyl sites for hydroxylation is 1. The lowest BCUT2D eigenvalue weighted by molar-refractivity contribution is 0.0528. The van der Waals surface area contributed by atoms with Crippen LogP contribution in [0.1, 0.15) is 28.5 Å². The third-order valence-corrected chi connectivity index (χ3v) is 2.59. The fourth-order valence-corrected chi connectivity index (χ4v) is 1.87. The number of hydrogen-bond acceptors (Lipinski definition) is 3. The maximum absolute atomic E-state index is 11.8. The van der Waals surface area contributed by atoms with Crippen LogP contribution < -0.4 is 0 Å². The van der Waals surface area contributed by atoms with Crippen molar-refractivity contribution in [3.8, 4) is 6.07 Å². The Hall–Kier alpha value is -2.28. The smallest absolute Gasteiger partial charge is 0.340 e. The topological polar surface area (TPSA) is 65.9 Å². The molecule has 0 aliphatic rings. The number of esters is 1. The molecule has 2 aromatic rings. The highest BCUT2D eigenvalue weighted by atomic mass is 16.5. The van der Waals surface area contributed by atoms with Crippen molar-refractivity contribution in [1.82, 2.24) is 4.98 Å². The molecule has 0 aliphatic heterocycles. The molecule has 0 spiro atoms. The van der Waals surface area contributed by atoms with Gasteiger partial charge in [0.1, 0.15) is 0 Å². The number of nitriles is 1. The normalized spacial score (nSPS) is 10.2. The maximum Gasteiger partial charge on any atom is 0.340 e. The van der Waals surface area contributed by atoms with Crippen molar-refractivity contribution >= 4 is 16.9 Å². The molecule has 0 amide bonds. The van der Waals surface area contributed by atoms with E-state index in [0.29, 0.717) is 17.7 Å². The van der Waals surface area contributed by atoms with Crippen molar-refractivity contribution in [2.24, 2.45) is 0 Å². The van der Waals surface area contributed by atoms with Gasteiger partial charge in [0.05, 0.1) is 23.8 Å². The molecule has 1 aromatic heterocycles. The summed E-state index contributed by atoms with van der Waals surface area (Å²) in [5, 5.41) is 9.60. The summed E-state index contributed by atoms with van der Waals surface area (Å²) in [5.41, 5.74) is 2.65. The van der Waals surface area contributed by atoms with E-state index in [-0.39, 0.29) is 5.97 Å². The fourth-order valence-electron chi connectivity index (χ4n) is 1.87. The molecule has 0 radical (unpaired) electrons. The van der Waals surface area contributed by atoms with Gasteiger partial charge in [0.2, 0.25) is 0 Å². The zero-order chi connectivity index (χ0) is 12.4. The Morgan fingerprint density at radius 2 is 2.29 bits per heavy atom. The van der Waals surface area contributed by atoms with E-state index in [1.807, 2.05) is 6.92 Å². The summed E-state index contributed by atoms with van der Waals surface area (Å²) in [5.74, 6) is -0.332. The maximum atomic E-state index is 11.8. The molecule has 0 atom stereocenters. The van der Waals surface area contributed by atoms with E-state index < -0.39 is 0 Å². The number of ether oxygens (including phenoxy) is 1. The first kappa shape index (κ1) is 11.2. The average Bonchev–Trinajstić information content (AvgIpc) is 2.64. The number of nitrogens with one attached hydrogen (secondary N) is 1. The largest absolute Gasteiger partial charge is 0.462 e. The SMILES string of the molecule is CCOC(=O)c1c(C)[nH]c2cc(C#N)ccc12. The molecule has 1 N–H and O–H groups in total. The van der Waals surface area contributed by atoms with Gasteiger partial charge in [-0.25, -0.2) is 4.79 Å². The second-order valence-electron chi connectivity index (χ2n) is 3.72. The molecule has 0 saturated heterocycles. The molecular formula is C13H12N2O2. The molecule has 1 heterocycles. The van der Waals surface area contributed by atoms with Crippen LogP contribution in [0.15, 0.2) is 18.2 Å². The van der Waals surface area contributed by atoms with Gasteiger partial charge in [-0.1, -0.05) is 6.07 Å². The minimum atomic E-state index is -0.332. The highest BCUT2D eigenvalue weighted by molar-refractivity contribution is 6.05. The predicted octanol–water partition coefficient (Wildman–Crippen LogP) is 2.52. The second kappa shape index (κ2) is 4.30. The van der Waals surface area contributed by atoms with Gasteiger partial charge in [0.25, 0.3) is 0 Å². The number of H-pyrrole nitrogens is 1. The monoisotopic (exact) mass is 228 g/mol. The molecule has 0 fully saturated rings. The Labute approximate surface area is 98.8 Å². The number of hydrogen-bond donors (Lipinski definition) is 1. The van der Waals surface area contributed by atoms with E-state index >= 15 is 0 Å². The lowest BCUT2D eigenvalue weighted by Crippen LogP contribution is -2.05. The Bertz CT molecular complexity index is 620. The fraction of sp³-hybridized carbons (Fsp3) is 0.231. The van der Waals surface area contributed by atoms with E-state index in [1.165, 1.54) is 0 Å². The van der Waals surface area contributed by atoms with Crippen LogP contribution in [0.25, 0.3) is 10.9 Å². The van der Waals surface area contributed by atoms with E-state index in [9.17, 15) is 4.79 Å². The van der Waals surface area contributed by atoms with Crippen molar-refractivity contribution in [1.29, 1.82) is 5.26 Å². The zero-order valence-electron chi connectivity index (χ0n) is 9.70. The van der Waals surface area contributed by atoms with Crippen LogP contribution in [-0.4, -0.2) is 17.6 Å². The van der Waals surface area contributed by atoms with E-state index in [1.54, 1.807) is 25.1 Å². The third-order valence-electron chi connectivity index (χ3n) is 2.59. The Kier molecular flexibility index (Phi) is 2.84. The number of nitrogens with zero attached hydrogens (tertiary/aromatic N) is 1. The molecule has 0 bridgehead atoms. The van der Waals surface area contributed by atoms with Gasteiger partial charge < -0.3 is 9.72 Å². The standard InChI is InChI=1S/C13H12N2O2/c1-3-17-13(16)12-8(2)15-11-6-9(7-14)4-5-10(11)12/h4-6,15H,3H2,1-2H3. The number of aromatic nitrogens is 1. The minimum Gasteiger partial charge on any atom is -0.462 e. The highest BCUT2D eigenvalue weighted by Gasteiger charge is 2.16. The number of rotatable bonds is 2. The van der Waals surface area contributed by atoms with E-state index in [2.05, 4.69) is 11.1 Å². The number of carbonyl (C=O) groups excluding carboxylic acids is 1. The van der Waals surface area contributed by atoms with E-state index in [4.69, 9.17) is 10.00 Å². The summed E-state index contributed by atoms with van der Waals surface area (Å²) >= 11 is 0. The summed E-state index contributed by atoms with van der Waals surface area (Å²) in [6.07, 6.45) is 0. The molecule has 0 unspecified atom stereocenters. The number of fused-ring (bicyclic) bond motifs is 1. The lowest BCUT2D eigenvalue weighted by atomic mass is 10.1. The van der Waals surface area contributed by atoms with Crippen LogP contribution in [0, 0.1) is 18.3 Å². The number of aromatic amines is 1. The molecule has 4 heteroatoms. The molecule has 86 valence electrons. The summed E-state index contributed by atoms with van der Waals surface area (Å²) in [4.78, 5) is 14.9. The molecule has 2 rings (SSSR count).